The molecule has 0 aromatic heterocycles. The van der Waals surface area contributed by atoms with Crippen molar-refractivity contribution in [3.63, 3.8) is 0 Å². The quantitative estimate of drug-likeness (QED) is 0.545. The van der Waals surface area contributed by atoms with Crippen molar-refractivity contribution in [2.45, 2.75) is 18.6 Å². The van der Waals surface area contributed by atoms with E-state index in [4.69, 9.17) is 10.5 Å². The summed E-state index contributed by atoms with van der Waals surface area (Å²) in [6.07, 6.45) is 1.12. The molecule has 0 bridgehead atoms. The maximum Gasteiger partial charge on any atom is 0.142 e. The smallest absolute Gasteiger partial charge is 0.142 e. The zero-order valence-corrected chi connectivity index (χ0v) is 6.73. The highest BCUT2D eigenvalue weighted by Crippen LogP contribution is 2.18. The SMILES string of the molecule is CN1C=C(C#N)C[C@@H](O)[C@@H]1C#N. The van der Waals surface area contributed by atoms with E-state index in [9.17, 15) is 5.11 Å². The van der Waals surface area contributed by atoms with Crippen LogP contribution in [-0.2, 0) is 0 Å². The highest BCUT2D eigenvalue weighted by molar-refractivity contribution is 5.25. The number of likely N-dealkylation sites (N-methyl/N-ethyl adjacent to an activating group) is 1. The van der Waals surface area contributed by atoms with Gasteiger partial charge in [-0.25, -0.2) is 0 Å². The maximum absolute atomic E-state index is 9.38. The maximum atomic E-state index is 9.38. The third kappa shape index (κ3) is 1.39. The first-order valence-corrected chi connectivity index (χ1v) is 3.59. The molecule has 1 heterocycles. The summed E-state index contributed by atoms with van der Waals surface area (Å²) in [5, 5.41) is 26.6. The van der Waals surface area contributed by atoms with Crippen LogP contribution >= 0.6 is 0 Å². The van der Waals surface area contributed by atoms with Crippen molar-refractivity contribution in [3.05, 3.63) is 11.8 Å². The summed E-state index contributed by atoms with van der Waals surface area (Å²) < 4.78 is 0. The van der Waals surface area contributed by atoms with Gasteiger partial charge in [0.2, 0.25) is 0 Å². The van der Waals surface area contributed by atoms with E-state index in [1.807, 2.05) is 12.1 Å². The molecule has 12 heavy (non-hydrogen) atoms. The lowest BCUT2D eigenvalue weighted by Crippen LogP contribution is -2.40. The van der Waals surface area contributed by atoms with Gasteiger partial charge in [-0.2, -0.15) is 10.5 Å². The van der Waals surface area contributed by atoms with Gasteiger partial charge in [0, 0.05) is 25.2 Å². The Balaban J connectivity index is 2.86. The molecule has 62 valence electrons. The van der Waals surface area contributed by atoms with E-state index in [1.54, 1.807) is 18.1 Å². The molecular formula is C8H9N3O. The molecule has 4 nitrogen and oxygen atoms in total. The molecule has 1 aliphatic rings. The summed E-state index contributed by atoms with van der Waals surface area (Å²) in [6, 6.07) is 3.40. The Bertz CT molecular complexity index is 284. The fourth-order valence-electron chi connectivity index (χ4n) is 1.24. The van der Waals surface area contributed by atoms with Gasteiger partial charge in [-0.15, -0.1) is 0 Å². The molecular weight excluding hydrogens is 154 g/mol. The largest absolute Gasteiger partial charge is 0.389 e. The number of hydrogen-bond donors (Lipinski definition) is 1. The fourth-order valence-corrected chi connectivity index (χ4v) is 1.24. The third-order valence-electron chi connectivity index (χ3n) is 1.87. The molecule has 0 saturated carbocycles. The van der Waals surface area contributed by atoms with Crippen LogP contribution in [0.3, 0.4) is 0 Å². The van der Waals surface area contributed by atoms with Gasteiger partial charge in [-0.1, -0.05) is 0 Å². The molecule has 0 fully saturated rings. The van der Waals surface area contributed by atoms with Crippen molar-refractivity contribution in [2.75, 3.05) is 7.05 Å². The lowest BCUT2D eigenvalue weighted by Gasteiger charge is -2.29. The van der Waals surface area contributed by atoms with Crippen molar-refractivity contribution < 1.29 is 5.11 Å². The average molecular weight is 163 g/mol. The zero-order valence-electron chi connectivity index (χ0n) is 6.73. The molecule has 4 heteroatoms. The van der Waals surface area contributed by atoms with E-state index in [-0.39, 0.29) is 6.42 Å². The number of aliphatic hydroxyl groups excluding tert-OH is 1. The van der Waals surface area contributed by atoms with Crippen LogP contribution in [0, 0.1) is 22.7 Å². The Morgan fingerprint density at radius 3 is 2.75 bits per heavy atom. The lowest BCUT2D eigenvalue weighted by atomic mass is 9.99. The van der Waals surface area contributed by atoms with Crippen LogP contribution in [0.15, 0.2) is 11.8 Å². The minimum atomic E-state index is -0.750. The van der Waals surface area contributed by atoms with Crippen molar-refractivity contribution in [1.29, 1.82) is 10.5 Å². The molecule has 0 aromatic rings. The van der Waals surface area contributed by atoms with Gasteiger partial charge in [-0.3, -0.25) is 0 Å². The summed E-state index contributed by atoms with van der Waals surface area (Å²) in [5.74, 6) is 0. The molecule has 1 rings (SSSR count). The molecule has 0 spiro atoms. The standard InChI is InChI=1S/C8H9N3O/c1-11-5-6(3-9)2-8(12)7(11)4-10/h5,7-8,12H,2H2,1H3/t7-,8+/m0/s1. The van der Waals surface area contributed by atoms with Gasteiger partial charge >= 0.3 is 0 Å². The third-order valence-corrected chi connectivity index (χ3v) is 1.87. The fraction of sp³-hybridized carbons (Fsp3) is 0.500. The Hall–Kier alpha value is -1.52. The molecule has 0 aromatic carbocycles. The minimum Gasteiger partial charge on any atom is -0.389 e. The Labute approximate surface area is 70.9 Å². The van der Waals surface area contributed by atoms with Crippen molar-refractivity contribution in [3.8, 4) is 12.1 Å². The molecule has 1 aliphatic heterocycles. The highest BCUT2D eigenvalue weighted by atomic mass is 16.3. The molecule has 0 amide bonds. The van der Waals surface area contributed by atoms with Crippen LogP contribution in [-0.4, -0.2) is 29.2 Å². The average Bonchev–Trinajstić information content (AvgIpc) is 2.03. The van der Waals surface area contributed by atoms with Gasteiger partial charge in [0.15, 0.2) is 0 Å². The lowest BCUT2D eigenvalue weighted by molar-refractivity contribution is 0.102. The Kier molecular flexibility index (Phi) is 2.32. The van der Waals surface area contributed by atoms with Crippen molar-refractivity contribution in [1.82, 2.24) is 4.90 Å². The van der Waals surface area contributed by atoms with Crippen molar-refractivity contribution >= 4 is 0 Å². The molecule has 1 N–H and O–H groups in total. The van der Waals surface area contributed by atoms with Crippen LogP contribution < -0.4 is 0 Å². The van der Waals surface area contributed by atoms with Crippen LogP contribution in [0.5, 0.6) is 0 Å². The summed E-state index contributed by atoms with van der Waals surface area (Å²) in [4.78, 5) is 1.56. The number of nitrogens with zero attached hydrogens (tertiary/aromatic N) is 3. The van der Waals surface area contributed by atoms with Crippen molar-refractivity contribution in [2.24, 2.45) is 0 Å². The predicted octanol–water partition coefficient (Wildman–Crippen LogP) is -0.0175. The van der Waals surface area contributed by atoms with E-state index < -0.39 is 12.1 Å². The molecule has 0 saturated heterocycles. The first kappa shape index (κ1) is 8.58. The summed E-state index contributed by atoms with van der Waals surface area (Å²) >= 11 is 0. The second-order valence-corrected chi connectivity index (χ2v) is 2.78. The van der Waals surface area contributed by atoms with Gasteiger partial charge in [0.1, 0.15) is 6.04 Å². The monoisotopic (exact) mass is 163 g/mol. The molecule has 0 radical (unpaired) electrons. The number of hydrogen-bond acceptors (Lipinski definition) is 4. The van der Waals surface area contributed by atoms with Crippen LogP contribution in [0.4, 0.5) is 0 Å². The topological polar surface area (TPSA) is 71.1 Å². The zero-order chi connectivity index (χ0) is 9.14. The highest BCUT2D eigenvalue weighted by Gasteiger charge is 2.27. The van der Waals surface area contributed by atoms with Crippen LogP contribution in [0.2, 0.25) is 0 Å². The minimum absolute atomic E-state index is 0.277. The second-order valence-electron chi connectivity index (χ2n) is 2.78. The first-order valence-electron chi connectivity index (χ1n) is 3.59. The van der Waals surface area contributed by atoms with E-state index in [0.717, 1.165) is 0 Å². The van der Waals surface area contributed by atoms with E-state index in [2.05, 4.69) is 0 Å². The Morgan fingerprint density at radius 2 is 2.33 bits per heavy atom. The summed E-state index contributed by atoms with van der Waals surface area (Å²) in [7, 11) is 1.67. The number of rotatable bonds is 0. The van der Waals surface area contributed by atoms with Gasteiger partial charge in [-0.05, 0) is 0 Å². The van der Waals surface area contributed by atoms with Gasteiger partial charge in [0.25, 0.3) is 0 Å². The molecule has 0 unspecified atom stereocenters. The predicted molar refractivity (Wildman–Crippen MR) is 41.5 cm³/mol. The van der Waals surface area contributed by atoms with E-state index in [0.29, 0.717) is 5.57 Å². The molecule has 2 atom stereocenters. The number of nitriles is 2. The number of aliphatic hydroxyl groups is 1. The van der Waals surface area contributed by atoms with Gasteiger partial charge in [0.05, 0.1) is 18.2 Å². The summed E-state index contributed by atoms with van der Waals surface area (Å²) in [6.45, 7) is 0. The Morgan fingerprint density at radius 1 is 1.67 bits per heavy atom. The summed E-state index contributed by atoms with van der Waals surface area (Å²) in [5.41, 5.74) is 0.511. The second kappa shape index (κ2) is 3.25. The van der Waals surface area contributed by atoms with Crippen LogP contribution in [0.1, 0.15) is 6.42 Å². The van der Waals surface area contributed by atoms with Crippen LogP contribution in [0.25, 0.3) is 0 Å². The first-order chi connectivity index (χ1) is 5.69. The van der Waals surface area contributed by atoms with E-state index >= 15 is 0 Å². The van der Waals surface area contributed by atoms with E-state index in [1.165, 1.54) is 0 Å². The normalized spacial score (nSPS) is 28.7. The molecule has 0 aliphatic carbocycles. The van der Waals surface area contributed by atoms with Gasteiger partial charge < -0.3 is 10.0 Å².